The van der Waals surface area contributed by atoms with Crippen LogP contribution < -0.4 is 9.62 Å². The zero-order valence-corrected chi connectivity index (χ0v) is 19.7. The van der Waals surface area contributed by atoms with Crippen LogP contribution in [0.3, 0.4) is 0 Å². The Kier molecular flexibility index (Phi) is 7.94. The van der Waals surface area contributed by atoms with E-state index in [0.717, 1.165) is 17.1 Å². The third-order valence-electron chi connectivity index (χ3n) is 5.17. The largest absolute Gasteiger partial charge is 0.352 e. The molecule has 0 fully saturated rings. The molecule has 0 saturated heterocycles. The van der Waals surface area contributed by atoms with Crippen LogP contribution in [-0.4, -0.2) is 26.9 Å². The van der Waals surface area contributed by atoms with Crippen LogP contribution in [-0.2, 0) is 21.2 Å². The summed E-state index contributed by atoms with van der Waals surface area (Å²) in [7, 11) is -3.97. The zero-order valence-electron chi connectivity index (χ0n) is 18.2. The van der Waals surface area contributed by atoms with Crippen LogP contribution in [0.25, 0.3) is 0 Å². The summed E-state index contributed by atoms with van der Waals surface area (Å²) < 4.78 is 28.0. The number of amides is 1. The normalized spacial score (nSPS) is 12.2. The van der Waals surface area contributed by atoms with Crippen molar-refractivity contribution in [2.45, 2.75) is 37.6 Å². The van der Waals surface area contributed by atoms with Crippen LogP contribution in [0, 0.1) is 6.92 Å². The van der Waals surface area contributed by atoms with Crippen molar-refractivity contribution in [3.63, 3.8) is 0 Å². The van der Waals surface area contributed by atoms with Crippen LogP contribution >= 0.6 is 11.6 Å². The first-order chi connectivity index (χ1) is 15.3. The molecule has 3 aromatic rings. The van der Waals surface area contributed by atoms with E-state index in [1.54, 1.807) is 43.3 Å². The van der Waals surface area contributed by atoms with Crippen LogP contribution in [0.1, 0.15) is 24.5 Å². The van der Waals surface area contributed by atoms with Gasteiger partial charge in [0.1, 0.15) is 6.54 Å². The highest BCUT2D eigenvalue weighted by Crippen LogP contribution is 2.29. The van der Waals surface area contributed by atoms with Crippen molar-refractivity contribution < 1.29 is 13.2 Å². The lowest BCUT2D eigenvalue weighted by atomic mass is 10.1. The summed E-state index contributed by atoms with van der Waals surface area (Å²) in [5, 5.41) is 3.33. The first kappa shape index (κ1) is 23.8. The van der Waals surface area contributed by atoms with E-state index in [0.29, 0.717) is 16.3 Å². The molecule has 5 nitrogen and oxygen atoms in total. The number of hydrogen-bond acceptors (Lipinski definition) is 3. The first-order valence-electron chi connectivity index (χ1n) is 10.4. The molecule has 0 aromatic heterocycles. The smallest absolute Gasteiger partial charge is 0.264 e. The van der Waals surface area contributed by atoms with Crippen molar-refractivity contribution in [3.8, 4) is 0 Å². The van der Waals surface area contributed by atoms with E-state index in [4.69, 9.17) is 11.6 Å². The summed E-state index contributed by atoms with van der Waals surface area (Å²) in [6.07, 6.45) is 1.57. The van der Waals surface area contributed by atoms with Gasteiger partial charge in [-0.3, -0.25) is 9.10 Å². The van der Waals surface area contributed by atoms with E-state index in [-0.39, 0.29) is 23.4 Å². The van der Waals surface area contributed by atoms with Gasteiger partial charge in [-0.15, -0.1) is 0 Å². The number of benzene rings is 3. The maximum atomic E-state index is 13.4. The van der Waals surface area contributed by atoms with Crippen molar-refractivity contribution >= 4 is 33.2 Å². The number of rotatable bonds is 9. The van der Waals surface area contributed by atoms with Gasteiger partial charge in [0.05, 0.1) is 10.6 Å². The molecule has 32 heavy (non-hydrogen) atoms. The average molecular weight is 471 g/mol. The Morgan fingerprint density at radius 3 is 2.28 bits per heavy atom. The summed E-state index contributed by atoms with van der Waals surface area (Å²) in [5.41, 5.74) is 2.28. The number of hydrogen-bond donors (Lipinski definition) is 1. The highest BCUT2D eigenvalue weighted by molar-refractivity contribution is 7.92. The van der Waals surface area contributed by atoms with Crippen LogP contribution in [0.5, 0.6) is 0 Å². The van der Waals surface area contributed by atoms with Gasteiger partial charge in [0, 0.05) is 11.1 Å². The molecule has 168 valence electrons. The van der Waals surface area contributed by atoms with Crippen molar-refractivity contribution in [3.05, 3.63) is 95.0 Å². The van der Waals surface area contributed by atoms with E-state index < -0.39 is 10.0 Å². The quantitative estimate of drug-likeness (QED) is 0.479. The summed E-state index contributed by atoms with van der Waals surface area (Å²) >= 11 is 6.16. The molecule has 0 bridgehead atoms. The van der Waals surface area contributed by atoms with Crippen LogP contribution in [0.15, 0.2) is 83.8 Å². The molecule has 7 heteroatoms. The summed E-state index contributed by atoms with van der Waals surface area (Å²) in [4.78, 5) is 13.0. The molecular weight excluding hydrogens is 444 g/mol. The molecule has 0 aliphatic carbocycles. The monoisotopic (exact) mass is 470 g/mol. The predicted molar refractivity (Wildman–Crippen MR) is 130 cm³/mol. The van der Waals surface area contributed by atoms with Crippen LogP contribution in [0.2, 0.25) is 5.02 Å². The standard InChI is InChI=1S/C25H27ClN2O3S/c1-19-13-16-22(26)17-24(19)28(32(30,31)23-11-7-4-8-12-23)18-25(29)27-20(2)14-15-21-9-5-3-6-10-21/h3-13,16-17,20H,14-15,18H2,1-2H3,(H,27,29)/t20-/m1/s1. The Bertz CT molecular complexity index is 1150. The second-order valence-electron chi connectivity index (χ2n) is 7.75. The van der Waals surface area contributed by atoms with Gasteiger partial charge >= 0.3 is 0 Å². The van der Waals surface area contributed by atoms with Gasteiger partial charge in [-0.1, -0.05) is 66.2 Å². The molecule has 3 rings (SSSR count). The molecule has 0 radical (unpaired) electrons. The fourth-order valence-corrected chi connectivity index (χ4v) is 5.09. The molecule has 0 unspecified atom stereocenters. The second-order valence-corrected chi connectivity index (χ2v) is 10.0. The number of halogens is 1. The van der Waals surface area contributed by atoms with Crippen LogP contribution in [0.4, 0.5) is 5.69 Å². The fraction of sp³-hybridized carbons (Fsp3) is 0.240. The molecular formula is C25H27ClN2O3S. The van der Waals surface area contributed by atoms with E-state index >= 15 is 0 Å². The second kappa shape index (κ2) is 10.7. The minimum Gasteiger partial charge on any atom is -0.352 e. The summed E-state index contributed by atoms with van der Waals surface area (Å²) in [6.45, 7) is 3.37. The van der Waals surface area contributed by atoms with Gasteiger partial charge in [-0.2, -0.15) is 0 Å². The fourth-order valence-electron chi connectivity index (χ4n) is 3.42. The summed E-state index contributed by atoms with van der Waals surface area (Å²) in [5.74, 6) is -0.371. The molecule has 0 aliphatic heterocycles. The third-order valence-corrected chi connectivity index (χ3v) is 7.18. The number of aryl methyl sites for hydroxylation is 2. The van der Waals surface area contributed by atoms with Crippen molar-refractivity contribution in [1.82, 2.24) is 5.32 Å². The Balaban J connectivity index is 1.79. The maximum Gasteiger partial charge on any atom is 0.264 e. The Morgan fingerprint density at radius 1 is 1.00 bits per heavy atom. The summed E-state index contributed by atoms with van der Waals surface area (Å²) in [6, 6.07) is 23.0. The zero-order chi connectivity index (χ0) is 23.1. The molecule has 0 saturated carbocycles. The SMILES string of the molecule is Cc1ccc(Cl)cc1N(CC(=O)N[C@H](C)CCc1ccccc1)S(=O)(=O)c1ccccc1. The predicted octanol–water partition coefficient (Wildman–Crippen LogP) is 4.98. The molecule has 0 heterocycles. The van der Waals surface area contributed by atoms with Gasteiger partial charge in [-0.25, -0.2) is 8.42 Å². The number of carbonyl (C=O) groups is 1. The van der Waals surface area contributed by atoms with Gasteiger partial charge in [-0.05, 0) is 62.1 Å². The highest BCUT2D eigenvalue weighted by Gasteiger charge is 2.28. The van der Waals surface area contributed by atoms with Gasteiger partial charge in [0.15, 0.2) is 0 Å². The molecule has 1 atom stereocenters. The molecule has 1 amide bonds. The van der Waals surface area contributed by atoms with E-state index in [1.807, 2.05) is 37.3 Å². The Morgan fingerprint density at radius 2 is 1.62 bits per heavy atom. The maximum absolute atomic E-state index is 13.4. The minimum atomic E-state index is -3.97. The highest BCUT2D eigenvalue weighted by atomic mass is 35.5. The van der Waals surface area contributed by atoms with Gasteiger partial charge < -0.3 is 5.32 Å². The lowest BCUT2D eigenvalue weighted by Crippen LogP contribution is -2.44. The van der Waals surface area contributed by atoms with Crippen molar-refractivity contribution in [1.29, 1.82) is 0 Å². The van der Waals surface area contributed by atoms with Crippen molar-refractivity contribution in [2.75, 3.05) is 10.8 Å². The minimum absolute atomic E-state index is 0.107. The van der Waals surface area contributed by atoms with E-state index in [9.17, 15) is 13.2 Å². The number of nitrogens with one attached hydrogen (secondary N) is 1. The molecule has 3 aromatic carbocycles. The van der Waals surface area contributed by atoms with E-state index in [1.165, 1.54) is 17.7 Å². The number of nitrogens with zero attached hydrogens (tertiary/aromatic N) is 1. The van der Waals surface area contributed by atoms with E-state index in [2.05, 4.69) is 5.32 Å². The number of sulfonamides is 1. The lowest BCUT2D eigenvalue weighted by molar-refractivity contribution is -0.120. The Hall–Kier alpha value is -2.83. The number of anilines is 1. The molecule has 0 aliphatic rings. The van der Waals surface area contributed by atoms with Crippen molar-refractivity contribution in [2.24, 2.45) is 0 Å². The lowest BCUT2D eigenvalue weighted by Gasteiger charge is -2.26. The first-order valence-corrected chi connectivity index (χ1v) is 12.3. The topological polar surface area (TPSA) is 66.5 Å². The average Bonchev–Trinajstić information content (AvgIpc) is 2.79. The van der Waals surface area contributed by atoms with Gasteiger partial charge in [0.2, 0.25) is 5.91 Å². The Labute approximate surface area is 195 Å². The molecule has 0 spiro atoms. The molecule has 1 N–H and O–H groups in total. The van der Waals surface area contributed by atoms with Gasteiger partial charge in [0.25, 0.3) is 10.0 Å². The third kappa shape index (κ3) is 6.11. The number of carbonyl (C=O) groups excluding carboxylic acids is 1.